The molecule has 1 aliphatic heterocycles. The molecule has 0 bridgehead atoms. The van der Waals surface area contributed by atoms with Crippen molar-refractivity contribution >= 4 is 34.5 Å². The summed E-state index contributed by atoms with van der Waals surface area (Å²) in [4.78, 5) is 58.2. The molecule has 1 aromatic heterocycles. The second-order valence-electron chi connectivity index (χ2n) is 10.7. The Morgan fingerprint density at radius 3 is 1.84 bits per heavy atom. The molecule has 2 heterocycles. The van der Waals surface area contributed by atoms with Gasteiger partial charge in [0.2, 0.25) is 5.91 Å². The van der Waals surface area contributed by atoms with Crippen LogP contribution < -0.4 is 15.8 Å². The van der Waals surface area contributed by atoms with E-state index in [0.29, 0.717) is 83.4 Å². The monoisotopic (exact) mass is 601 g/mol. The molecule has 1 N–H and O–H groups in total. The number of likely N-dealkylation sites (N-methyl/N-ethyl adjacent to an activating group) is 1. The summed E-state index contributed by atoms with van der Waals surface area (Å²) in [6.07, 6.45) is 0. The Kier molecular flexibility index (Phi) is 13.6. The Morgan fingerprint density at radius 2 is 1.33 bits per heavy atom. The Morgan fingerprint density at radius 1 is 0.791 bits per heavy atom. The highest BCUT2D eigenvalue weighted by Crippen LogP contribution is 2.28. The van der Waals surface area contributed by atoms with E-state index in [4.69, 9.17) is 13.9 Å². The van der Waals surface area contributed by atoms with Crippen LogP contribution >= 0.6 is 0 Å². The topological polar surface area (TPSA) is 125 Å². The first kappa shape index (κ1) is 34.2. The fraction of sp³-hybridized carbons (Fsp3) is 0.613. The molecule has 3 rings (SSSR count). The molecule has 0 radical (unpaired) electrons. The van der Waals surface area contributed by atoms with Crippen LogP contribution in [0.1, 0.15) is 31.9 Å². The van der Waals surface area contributed by atoms with Crippen LogP contribution in [0.15, 0.2) is 27.4 Å². The van der Waals surface area contributed by atoms with E-state index in [1.54, 1.807) is 24.8 Å². The molecule has 12 heteroatoms. The third-order valence-electron chi connectivity index (χ3n) is 7.53. The van der Waals surface area contributed by atoms with Gasteiger partial charge in [0.15, 0.2) is 0 Å². The molecular weight excluding hydrogens is 554 g/mol. The van der Waals surface area contributed by atoms with Crippen molar-refractivity contribution in [3.8, 4) is 0 Å². The van der Waals surface area contributed by atoms with Crippen LogP contribution in [0, 0.1) is 13.8 Å². The van der Waals surface area contributed by atoms with Crippen LogP contribution in [0.4, 0.5) is 5.69 Å². The number of aryl methyl sites for hydroxylation is 2. The minimum Gasteiger partial charge on any atom is -0.465 e. The lowest BCUT2D eigenvalue weighted by atomic mass is 10.1. The minimum absolute atomic E-state index is 0.0948. The van der Waals surface area contributed by atoms with E-state index in [9.17, 15) is 19.2 Å². The number of hydrogen-bond donors (Lipinski definition) is 1. The summed E-state index contributed by atoms with van der Waals surface area (Å²) >= 11 is 0. The number of nitrogens with one attached hydrogen (secondary N) is 1. The Balaban J connectivity index is 1.82. The van der Waals surface area contributed by atoms with Gasteiger partial charge in [-0.25, -0.2) is 4.79 Å². The predicted octanol–water partition coefficient (Wildman–Crippen LogP) is 1.40. The summed E-state index contributed by atoms with van der Waals surface area (Å²) in [5.41, 5.74) is 2.44. The van der Waals surface area contributed by atoms with Crippen molar-refractivity contribution in [1.29, 1.82) is 0 Å². The molecule has 0 unspecified atom stereocenters. The van der Waals surface area contributed by atoms with E-state index in [1.165, 1.54) is 6.07 Å². The predicted molar refractivity (Wildman–Crippen MR) is 165 cm³/mol. The number of ether oxygens (including phenoxy) is 2. The highest BCUT2D eigenvalue weighted by molar-refractivity contribution is 5.98. The number of hydrogen-bond acceptors (Lipinski definition) is 11. The number of carbonyl (C=O) groups is 3. The molecule has 1 fully saturated rings. The first-order valence-electron chi connectivity index (χ1n) is 15.2. The summed E-state index contributed by atoms with van der Waals surface area (Å²) < 4.78 is 15.8. The van der Waals surface area contributed by atoms with Gasteiger partial charge in [0, 0.05) is 76.4 Å². The van der Waals surface area contributed by atoms with Gasteiger partial charge in [-0.3, -0.25) is 29.1 Å². The van der Waals surface area contributed by atoms with Crippen LogP contribution in [0.25, 0.3) is 11.0 Å². The van der Waals surface area contributed by atoms with Gasteiger partial charge < -0.3 is 24.1 Å². The number of benzene rings is 1. The number of rotatable bonds is 10. The van der Waals surface area contributed by atoms with Gasteiger partial charge in [0.05, 0.1) is 38.5 Å². The fourth-order valence-corrected chi connectivity index (χ4v) is 5.26. The average Bonchev–Trinajstić information content (AvgIpc) is 2.94. The Hall–Kier alpha value is -3.32. The molecule has 1 amide bonds. The van der Waals surface area contributed by atoms with Crippen molar-refractivity contribution in [3.05, 3.63) is 39.7 Å². The zero-order valence-corrected chi connectivity index (χ0v) is 26.3. The van der Waals surface area contributed by atoms with Crippen LogP contribution in [-0.4, -0.2) is 124 Å². The van der Waals surface area contributed by atoms with Gasteiger partial charge in [0.25, 0.3) is 0 Å². The van der Waals surface area contributed by atoms with E-state index >= 15 is 0 Å². The van der Waals surface area contributed by atoms with Crippen LogP contribution in [0.2, 0.25) is 0 Å². The SMILES string of the molecule is CCOC(=O)CN1CCNCCN(CC(=O)OCC)CCN(CC(=O)N(CC)c2cc3oc(=O)cc(C)c3cc2C)CC1. The molecule has 1 aromatic carbocycles. The second-order valence-corrected chi connectivity index (χ2v) is 10.7. The number of esters is 2. The molecule has 0 aliphatic carbocycles. The maximum atomic E-state index is 13.8. The Labute approximate surface area is 253 Å². The molecule has 0 saturated carbocycles. The quantitative estimate of drug-likeness (QED) is 0.314. The summed E-state index contributed by atoms with van der Waals surface area (Å²) in [5.74, 6) is -0.644. The van der Waals surface area contributed by atoms with Crippen LogP contribution in [0.5, 0.6) is 0 Å². The molecular formula is C31H47N5O7. The maximum Gasteiger partial charge on any atom is 0.336 e. The second kappa shape index (κ2) is 17.1. The molecule has 238 valence electrons. The van der Waals surface area contributed by atoms with Gasteiger partial charge in [0.1, 0.15) is 5.58 Å². The minimum atomic E-state index is -0.427. The molecule has 12 nitrogen and oxygen atoms in total. The molecule has 2 aromatic rings. The van der Waals surface area contributed by atoms with E-state index in [0.717, 1.165) is 16.5 Å². The van der Waals surface area contributed by atoms with E-state index in [-0.39, 0.29) is 37.5 Å². The van der Waals surface area contributed by atoms with Gasteiger partial charge in [-0.1, -0.05) is 0 Å². The van der Waals surface area contributed by atoms with Crippen molar-refractivity contribution in [1.82, 2.24) is 20.0 Å². The van der Waals surface area contributed by atoms with Gasteiger partial charge >= 0.3 is 17.6 Å². The van der Waals surface area contributed by atoms with Gasteiger partial charge in [-0.15, -0.1) is 0 Å². The van der Waals surface area contributed by atoms with Gasteiger partial charge in [-0.2, -0.15) is 0 Å². The van der Waals surface area contributed by atoms with Crippen molar-refractivity contribution in [2.75, 3.05) is 96.7 Å². The van der Waals surface area contributed by atoms with Crippen molar-refractivity contribution in [3.63, 3.8) is 0 Å². The highest BCUT2D eigenvalue weighted by atomic mass is 16.5. The van der Waals surface area contributed by atoms with Crippen molar-refractivity contribution < 1.29 is 28.3 Å². The van der Waals surface area contributed by atoms with Crippen LogP contribution in [0.3, 0.4) is 0 Å². The van der Waals surface area contributed by atoms with E-state index < -0.39 is 5.63 Å². The summed E-state index contributed by atoms with van der Waals surface area (Å²) in [6, 6.07) is 5.18. The third kappa shape index (κ3) is 10.4. The number of nitrogens with zero attached hydrogens (tertiary/aromatic N) is 4. The fourth-order valence-electron chi connectivity index (χ4n) is 5.26. The summed E-state index contributed by atoms with van der Waals surface area (Å²) in [6.45, 7) is 15.7. The molecule has 0 spiro atoms. The molecule has 0 atom stereocenters. The number of amides is 1. The normalized spacial score (nSPS) is 16.3. The zero-order valence-electron chi connectivity index (χ0n) is 26.3. The summed E-state index contributed by atoms with van der Waals surface area (Å²) in [7, 11) is 0. The zero-order chi connectivity index (χ0) is 31.4. The largest absolute Gasteiger partial charge is 0.465 e. The van der Waals surface area contributed by atoms with Crippen LogP contribution in [-0.2, 0) is 23.9 Å². The number of fused-ring (bicyclic) bond motifs is 1. The lowest BCUT2D eigenvalue weighted by molar-refractivity contribution is -0.145. The first-order valence-corrected chi connectivity index (χ1v) is 15.2. The van der Waals surface area contributed by atoms with Crippen molar-refractivity contribution in [2.24, 2.45) is 0 Å². The lowest BCUT2D eigenvalue weighted by Crippen LogP contribution is -2.49. The van der Waals surface area contributed by atoms with Crippen molar-refractivity contribution in [2.45, 2.75) is 34.6 Å². The number of carbonyl (C=O) groups excluding carboxylic acids is 3. The standard InChI is InChI=1S/C31H47N5O7/c1-6-36(26-19-27-25(17-24(26)5)23(4)18-29(38)43-27)28(37)20-35-15-13-33(21-30(39)41-7-2)11-9-32-10-12-34(14-16-35)22-31(40)42-8-3/h17-19,32H,6-16,20-22H2,1-5H3. The maximum absolute atomic E-state index is 13.8. The molecule has 1 saturated heterocycles. The summed E-state index contributed by atoms with van der Waals surface area (Å²) in [5, 5.41) is 4.23. The smallest absolute Gasteiger partial charge is 0.336 e. The molecule has 1 aliphatic rings. The lowest BCUT2D eigenvalue weighted by Gasteiger charge is -2.32. The molecule has 43 heavy (non-hydrogen) atoms. The third-order valence-corrected chi connectivity index (χ3v) is 7.53. The number of anilines is 1. The van der Waals surface area contributed by atoms with E-state index in [2.05, 4.69) is 10.2 Å². The average molecular weight is 602 g/mol. The van der Waals surface area contributed by atoms with E-state index in [1.807, 2.05) is 36.6 Å². The van der Waals surface area contributed by atoms with Gasteiger partial charge in [-0.05, 0) is 51.8 Å². The first-order chi connectivity index (χ1) is 20.6. The highest BCUT2D eigenvalue weighted by Gasteiger charge is 2.23. The Bertz CT molecular complexity index is 1260.